The molecule has 1 aliphatic rings. The van der Waals surface area contributed by atoms with E-state index >= 15 is 0 Å². The maximum absolute atomic E-state index is 5.17. The summed E-state index contributed by atoms with van der Waals surface area (Å²) in [5.74, 6) is 1.13. The second kappa shape index (κ2) is 10.9. The van der Waals surface area contributed by atoms with Crippen molar-refractivity contribution in [3.05, 3.63) is 96.1 Å². The van der Waals surface area contributed by atoms with Crippen LogP contribution in [-0.4, -0.2) is 46.7 Å². The molecule has 0 spiro atoms. The van der Waals surface area contributed by atoms with Gasteiger partial charge in [0.2, 0.25) is 5.95 Å². The Morgan fingerprint density at radius 3 is 2.18 bits per heavy atom. The predicted molar refractivity (Wildman–Crippen MR) is 143 cm³/mol. The molecule has 34 heavy (non-hydrogen) atoms. The average molecular weight is 453 g/mol. The molecule has 4 heteroatoms. The minimum absolute atomic E-state index is 0.541. The van der Waals surface area contributed by atoms with Crippen molar-refractivity contribution >= 4 is 17.0 Å². The summed E-state index contributed by atoms with van der Waals surface area (Å²) < 4.78 is 2.43. The highest BCUT2D eigenvalue weighted by molar-refractivity contribution is 5.79. The SMILES string of the molecule is CCCN(c1nc2ccccc2n1Cc1ccccc1)C1CCN(CCc2ccccc2)CC1. The second-order valence-corrected chi connectivity index (χ2v) is 9.47. The van der Waals surface area contributed by atoms with Crippen LogP contribution in [0.3, 0.4) is 0 Å². The number of hydrogen-bond donors (Lipinski definition) is 0. The van der Waals surface area contributed by atoms with E-state index in [1.54, 1.807) is 0 Å². The van der Waals surface area contributed by atoms with Crippen molar-refractivity contribution in [2.75, 3.05) is 31.1 Å². The van der Waals surface area contributed by atoms with E-state index in [4.69, 9.17) is 4.98 Å². The van der Waals surface area contributed by atoms with Crippen LogP contribution in [0.5, 0.6) is 0 Å². The van der Waals surface area contributed by atoms with Crippen molar-refractivity contribution in [3.63, 3.8) is 0 Å². The monoisotopic (exact) mass is 452 g/mol. The molecule has 1 fully saturated rings. The van der Waals surface area contributed by atoms with Gasteiger partial charge in [0.05, 0.1) is 17.6 Å². The molecule has 2 heterocycles. The maximum Gasteiger partial charge on any atom is 0.207 e. The van der Waals surface area contributed by atoms with Crippen molar-refractivity contribution < 1.29 is 0 Å². The van der Waals surface area contributed by atoms with Gasteiger partial charge in [-0.1, -0.05) is 79.7 Å². The zero-order valence-electron chi connectivity index (χ0n) is 20.3. The van der Waals surface area contributed by atoms with Crippen molar-refractivity contribution in [3.8, 4) is 0 Å². The van der Waals surface area contributed by atoms with E-state index < -0.39 is 0 Å². The van der Waals surface area contributed by atoms with Crippen LogP contribution in [0.2, 0.25) is 0 Å². The van der Waals surface area contributed by atoms with Crippen LogP contribution >= 0.6 is 0 Å². The summed E-state index contributed by atoms with van der Waals surface area (Å²) in [6, 6.07) is 30.8. The molecule has 0 saturated carbocycles. The first-order valence-electron chi connectivity index (χ1n) is 12.8. The molecule has 0 radical (unpaired) electrons. The highest BCUT2D eigenvalue weighted by Gasteiger charge is 2.28. The fourth-order valence-corrected chi connectivity index (χ4v) is 5.28. The number of imidazole rings is 1. The number of anilines is 1. The van der Waals surface area contributed by atoms with Crippen molar-refractivity contribution in [1.29, 1.82) is 0 Å². The van der Waals surface area contributed by atoms with Gasteiger partial charge in [-0.15, -0.1) is 0 Å². The van der Waals surface area contributed by atoms with Crippen molar-refractivity contribution in [2.45, 2.75) is 45.2 Å². The first-order chi connectivity index (χ1) is 16.8. The standard InChI is InChI=1S/C30H36N4/c1-2-20-33(27-18-22-32(23-19-27)21-17-25-11-5-3-6-12-25)30-31-28-15-9-10-16-29(28)34(30)24-26-13-7-4-8-14-26/h3-16,27H,2,17-24H2,1H3. The normalized spacial score (nSPS) is 15.1. The zero-order chi connectivity index (χ0) is 23.2. The van der Waals surface area contributed by atoms with Crippen molar-refractivity contribution in [2.24, 2.45) is 0 Å². The Morgan fingerprint density at radius 2 is 1.47 bits per heavy atom. The second-order valence-electron chi connectivity index (χ2n) is 9.47. The lowest BCUT2D eigenvalue weighted by molar-refractivity contribution is 0.210. The molecule has 0 bridgehead atoms. The molecule has 4 aromatic rings. The van der Waals surface area contributed by atoms with E-state index in [0.29, 0.717) is 6.04 Å². The quantitative estimate of drug-likeness (QED) is 0.311. The number of hydrogen-bond acceptors (Lipinski definition) is 3. The molecule has 0 amide bonds. The van der Waals surface area contributed by atoms with Gasteiger partial charge in [-0.2, -0.15) is 0 Å². The van der Waals surface area contributed by atoms with Gasteiger partial charge in [0.1, 0.15) is 0 Å². The van der Waals surface area contributed by atoms with E-state index in [-0.39, 0.29) is 0 Å². The third kappa shape index (κ3) is 5.18. The van der Waals surface area contributed by atoms with E-state index in [1.807, 2.05) is 0 Å². The van der Waals surface area contributed by atoms with Crippen LogP contribution in [0.4, 0.5) is 5.95 Å². The molecule has 1 aliphatic heterocycles. The number of aromatic nitrogens is 2. The Hall–Kier alpha value is -3.11. The molecule has 176 valence electrons. The summed E-state index contributed by atoms with van der Waals surface area (Å²) in [7, 11) is 0. The largest absolute Gasteiger partial charge is 0.339 e. The van der Waals surface area contributed by atoms with Gasteiger partial charge in [0.15, 0.2) is 0 Å². The number of likely N-dealkylation sites (tertiary alicyclic amines) is 1. The highest BCUT2D eigenvalue weighted by atomic mass is 15.3. The molecule has 1 saturated heterocycles. The summed E-state index contributed by atoms with van der Waals surface area (Å²) in [6.45, 7) is 7.66. The Bertz CT molecular complexity index is 1160. The number of fused-ring (bicyclic) bond motifs is 1. The Morgan fingerprint density at radius 1 is 0.824 bits per heavy atom. The van der Waals surface area contributed by atoms with Gasteiger partial charge in [-0.05, 0) is 48.9 Å². The third-order valence-electron chi connectivity index (χ3n) is 7.10. The fraction of sp³-hybridized carbons (Fsp3) is 0.367. The molecule has 1 aromatic heterocycles. The van der Waals surface area contributed by atoms with Gasteiger partial charge in [0.25, 0.3) is 0 Å². The van der Waals surface area contributed by atoms with Crippen LogP contribution in [0, 0.1) is 0 Å². The number of piperidine rings is 1. The lowest BCUT2D eigenvalue weighted by atomic mass is 10.0. The van der Waals surface area contributed by atoms with Crippen LogP contribution in [0.1, 0.15) is 37.3 Å². The molecule has 3 aromatic carbocycles. The Labute approximate surface area is 203 Å². The van der Waals surface area contributed by atoms with Crippen molar-refractivity contribution in [1.82, 2.24) is 14.5 Å². The van der Waals surface area contributed by atoms with Crippen LogP contribution in [-0.2, 0) is 13.0 Å². The number of benzene rings is 3. The minimum atomic E-state index is 0.541. The molecule has 0 atom stereocenters. The number of para-hydroxylation sites is 2. The topological polar surface area (TPSA) is 24.3 Å². The van der Waals surface area contributed by atoms with Gasteiger partial charge in [-0.25, -0.2) is 4.98 Å². The summed E-state index contributed by atoms with van der Waals surface area (Å²) in [4.78, 5) is 10.4. The van der Waals surface area contributed by atoms with Gasteiger partial charge < -0.3 is 14.4 Å². The van der Waals surface area contributed by atoms with Crippen LogP contribution in [0.15, 0.2) is 84.9 Å². The summed E-state index contributed by atoms with van der Waals surface area (Å²) >= 11 is 0. The molecule has 0 aliphatic carbocycles. The first kappa shape index (κ1) is 22.7. The van der Waals surface area contributed by atoms with Gasteiger partial charge in [0, 0.05) is 32.2 Å². The lowest BCUT2D eigenvalue weighted by Gasteiger charge is -2.39. The molecule has 0 N–H and O–H groups in total. The Kier molecular flexibility index (Phi) is 7.25. The summed E-state index contributed by atoms with van der Waals surface area (Å²) in [5, 5.41) is 0. The predicted octanol–water partition coefficient (Wildman–Crippen LogP) is 6.01. The lowest BCUT2D eigenvalue weighted by Crippen LogP contribution is -2.46. The first-order valence-corrected chi connectivity index (χ1v) is 12.8. The maximum atomic E-state index is 5.17. The molecule has 5 rings (SSSR count). The summed E-state index contributed by atoms with van der Waals surface area (Å²) in [6.07, 6.45) is 4.66. The molecular formula is C30H36N4. The average Bonchev–Trinajstić information content (AvgIpc) is 3.25. The van der Waals surface area contributed by atoms with E-state index in [1.165, 1.54) is 29.5 Å². The Balaban J connectivity index is 1.34. The van der Waals surface area contributed by atoms with Gasteiger partial charge in [-0.3, -0.25) is 0 Å². The van der Waals surface area contributed by atoms with E-state index in [0.717, 1.165) is 57.0 Å². The third-order valence-corrected chi connectivity index (χ3v) is 7.10. The molecule has 4 nitrogen and oxygen atoms in total. The van der Waals surface area contributed by atoms with Crippen LogP contribution in [0.25, 0.3) is 11.0 Å². The number of rotatable bonds is 9. The molecule has 0 unspecified atom stereocenters. The smallest absolute Gasteiger partial charge is 0.207 e. The highest BCUT2D eigenvalue weighted by Crippen LogP contribution is 2.29. The van der Waals surface area contributed by atoms with Crippen LogP contribution < -0.4 is 4.90 Å². The zero-order valence-corrected chi connectivity index (χ0v) is 20.3. The van der Waals surface area contributed by atoms with Gasteiger partial charge >= 0.3 is 0 Å². The summed E-state index contributed by atoms with van der Waals surface area (Å²) in [5.41, 5.74) is 5.07. The fourth-order valence-electron chi connectivity index (χ4n) is 5.28. The molecular weight excluding hydrogens is 416 g/mol. The minimum Gasteiger partial charge on any atom is -0.339 e. The van der Waals surface area contributed by atoms with E-state index in [9.17, 15) is 0 Å². The van der Waals surface area contributed by atoms with E-state index in [2.05, 4.69) is 106 Å². The number of nitrogens with zero attached hydrogens (tertiary/aromatic N) is 4.